The zero-order valence-electron chi connectivity index (χ0n) is 19.6. The Kier molecular flexibility index (Phi) is 8.19. The first-order chi connectivity index (χ1) is 17.0. The highest BCUT2D eigenvalue weighted by Crippen LogP contribution is 2.37. The van der Waals surface area contributed by atoms with E-state index in [9.17, 15) is 27.6 Å². The number of aliphatic carboxylic acids is 1. The van der Waals surface area contributed by atoms with Crippen molar-refractivity contribution in [1.29, 1.82) is 0 Å². The van der Waals surface area contributed by atoms with Crippen molar-refractivity contribution in [1.82, 2.24) is 4.98 Å². The number of hydrogen-bond acceptors (Lipinski definition) is 5. The van der Waals surface area contributed by atoms with Crippen molar-refractivity contribution in [3.05, 3.63) is 64.4 Å². The van der Waals surface area contributed by atoms with Gasteiger partial charge >= 0.3 is 18.2 Å². The smallest absolute Gasteiger partial charge is 0.417 e. The lowest BCUT2D eigenvalue weighted by atomic mass is 9.95. The minimum Gasteiger partial charge on any atom is -0.480 e. The number of nitrogens with two attached hydrogens (primary N) is 1. The van der Waals surface area contributed by atoms with Crippen molar-refractivity contribution in [2.24, 2.45) is 11.7 Å². The molecule has 2 aromatic carbocycles. The van der Waals surface area contributed by atoms with E-state index in [0.717, 1.165) is 6.07 Å². The van der Waals surface area contributed by atoms with Gasteiger partial charge in [-0.15, -0.1) is 12.4 Å². The molecule has 1 saturated heterocycles. The number of pyridine rings is 1. The molecule has 4 rings (SSSR count). The zero-order valence-corrected chi connectivity index (χ0v) is 20.4. The molecule has 1 fully saturated rings. The normalized spacial score (nSPS) is 17.3. The predicted octanol–water partition coefficient (Wildman–Crippen LogP) is 4.79. The van der Waals surface area contributed by atoms with Crippen LogP contribution in [0.1, 0.15) is 25.3 Å². The van der Waals surface area contributed by atoms with Gasteiger partial charge in [0.25, 0.3) is 5.56 Å². The Morgan fingerprint density at radius 1 is 1.22 bits per heavy atom. The molecule has 4 N–H and O–H groups in total. The van der Waals surface area contributed by atoms with Crippen LogP contribution in [0, 0.1) is 5.92 Å². The zero-order chi connectivity index (χ0) is 26.2. The summed E-state index contributed by atoms with van der Waals surface area (Å²) >= 11 is 0. The van der Waals surface area contributed by atoms with Crippen molar-refractivity contribution in [2.75, 3.05) is 11.4 Å². The number of benzene rings is 2. The van der Waals surface area contributed by atoms with Gasteiger partial charge < -0.3 is 20.6 Å². The van der Waals surface area contributed by atoms with Gasteiger partial charge in [0.15, 0.2) is 0 Å². The lowest BCUT2D eigenvalue weighted by Crippen LogP contribution is -2.37. The predicted molar refractivity (Wildman–Crippen MR) is 134 cm³/mol. The summed E-state index contributed by atoms with van der Waals surface area (Å²) in [4.78, 5) is 40.2. The first-order valence-corrected chi connectivity index (χ1v) is 11.3. The summed E-state index contributed by atoms with van der Waals surface area (Å²) in [6, 6.07) is 10.1. The Hall–Kier alpha value is -3.57. The summed E-state index contributed by atoms with van der Waals surface area (Å²) in [7, 11) is 0. The number of alkyl halides is 3. The van der Waals surface area contributed by atoms with E-state index in [-0.39, 0.29) is 41.5 Å². The van der Waals surface area contributed by atoms with Crippen LogP contribution >= 0.6 is 12.4 Å². The highest BCUT2D eigenvalue weighted by Gasteiger charge is 2.35. The number of carbonyl (C=O) groups excluding carboxylic acids is 1. The van der Waals surface area contributed by atoms with Gasteiger partial charge in [-0.05, 0) is 48.4 Å². The second kappa shape index (κ2) is 10.8. The Bertz CT molecular complexity index is 1380. The fourth-order valence-electron chi connectivity index (χ4n) is 4.28. The summed E-state index contributed by atoms with van der Waals surface area (Å²) < 4.78 is 45.7. The number of carboxylic acid groups (broad SMARTS) is 1. The quantitative estimate of drug-likeness (QED) is 0.396. The maximum atomic E-state index is 13.4. The first-order valence-electron chi connectivity index (χ1n) is 11.3. The van der Waals surface area contributed by atoms with E-state index in [4.69, 9.17) is 15.6 Å². The molecule has 0 saturated carbocycles. The largest absolute Gasteiger partial charge is 0.480 e. The Labute approximate surface area is 215 Å². The summed E-state index contributed by atoms with van der Waals surface area (Å²) in [5.74, 6) is -1.41. The lowest BCUT2D eigenvalue weighted by molar-refractivity contribution is -0.140. The molecule has 37 heavy (non-hydrogen) atoms. The fourth-order valence-corrected chi connectivity index (χ4v) is 4.28. The number of nitrogens with zero attached hydrogens (tertiary/aromatic N) is 1. The molecule has 1 aromatic heterocycles. The number of H-pyrrole nitrogens is 1. The van der Waals surface area contributed by atoms with E-state index in [0.29, 0.717) is 23.9 Å². The van der Waals surface area contributed by atoms with E-state index < -0.39 is 41.5 Å². The number of halogens is 4. The number of hydrogen-bond donors (Lipinski definition) is 3. The minimum atomic E-state index is -4.59. The number of aromatic nitrogens is 1. The van der Waals surface area contributed by atoms with Crippen LogP contribution in [-0.4, -0.2) is 40.8 Å². The van der Waals surface area contributed by atoms with Gasteiger partial charge in [0.2, 0.25) is 0 Å². The number of rotatable bonds is 7. The first kappa shape index (κ1) is 28.0. The monoisotopic (exact) mass is 539 g/mol. The molecule has 1 amide bonds. The van der Waals surface area contributed by atoms with Crippen LogP contribution in [0.3, 0.4) is 0 Å². The van der Waals surface area contributed by atoms with Gasteiger partial charge in [-0.1, -0.05) is 31.2 Å². The van der Waals surface area contributed by atoms with Gasteiger partial charge in [-0.2, -0.15) is 13.2 Å². The average Bonchev–Trinajstić information content (AvgIpc) is 3.21. The van der Waals surface area contributed by atoms with Crippen LogP contribution in [0.4, 0.5) is 23.7 Å². The second-order valence-electron chi connectivity index (χ2n) is 8.86. The molecule has 3 unspecified atom stereocenters. The van der Waals surface area contributed by atoms with Crippen LogP contribution in [0.25, 0.3) is 22.0 Å². The highest BCUT2D eigenvalue weighted by molar-refractivity contribution is 5.94. The van der Waals surface area contributed by atoms with E-state index >= 15 is 0 Å². The number of amides is 1. The Balaban J connectivity index is 0.00000380. The minimum absolute atomic E-state index is 0. The van der Waals surface area contributed by atoms with Crippen LogP contribution in [0.2, 0.25) is 0 Å². The van der Waals surface area contributed by atoms with Crippen molar-refractivity contribution in [3.8, 4) is 11.3 Å². The summed E-state index contributed by atoms with van der Waals surface area (Å²) in [5.41, 5.74) is 4.46. The second-order valence-corrected chi connectivity index (χ2v) is 8.86. The van der Waals surface area contributed by atoms with Gasteiger partial charge in [-0.3, -0.25) is 14.5 Å². The van der Waals surface area contributed by atoms with E-state index in [2.05, 4.69) is 4.98 Å². The summed E-state index contributed by atoms with van der Waals surface area (Å²) in [5, 5.41) is 9.64. The Morgan fingerprint density at radius 3 is 2.59 bits per heavy atom. The molecule has 2 heterocycles. The number of fused-ring (bicyclic) bond motifs is 1. The molecule has 0 spiro atoms. The molecule has 1 aliphatic rings. The SMILES string of the molecule is CC(CCC1CN(c2ccc3cc(-c4ccccc4C(F)(F)F)[nH]c(=O)c3c2)C(=O)O1)C(N)C(=O)O.Cl. The van der Waals surface area contributed by atoms with Crippen LogP contribution < -0.4 is 16.2 Å². The molecule has 0 radical (unpaired) electrons. The maximum absolute atomic E-state index is 13.4. The topological polar surface area (TPSA) is 126 Å². The number of ether oxygens (including phenoxy) is 1. The maximum Gasteiger partial charge on any atom is 0.417 e. The van der Waals surface area contributed by atoms with Crippen molar-refractivity contribution in [2.45, 2.75) is 38.1 Å². The number of aromatic amines is 1. The number of nitrogens with one attached hydrogen (secondary N) is 1. The number of anilines is 1. The molecule has 0 aliphatic carbocycles. The van der Waals surface area contributed by atoms with Crippen LogP contribution in [0.5, 0.6) is 0 Å². The summed E-state index contributed by atoms with van der Waals surface area (Å²) in [6.45, 7) is 1.92. The number of cyclic esters (lactones) is 1. The van der Waals surface area contributed by atoms with Crippen molar-refractivity contribution < 1.29 is 32.6 Å². The molecule has 3 atom stereocenters. The van der Waals surface area contributed by atoms with Gasteiger partial charge in [0, 0.05) is 22.3 Å². The van der Waals surface area contributed by atoms with Crippen LogP contribution in [-0.2, 0) is 15.7 Å². The number of carbonyl (C=O) groups is 2. The molecular formula is C25H25ClF3N3O5. The number of carboxylic acids is 1. The molecule has 3 aromatic rings. The van der Waals surface area contributed by atoms with E-state index in [1.54, 1.807) is 19.1 Å². The van der Waals surface area contributed by atoms with Crippen molar-refractivity contribution >= 4 is 40.9 Å². The Morgan fingerprint density at radius 2 is 1.92 bits per heavy atom. The summed E-state index contributed by atoms with van der Waals surface area (Å²) in [6.07, 6.45) is -4.81. The van der Waals surface area contributed by atoms with E-state index in [1.165, 1.54) is 35.2 Å². The van der Waals surface area contributed by atoms with Gasteiger partial charge in [-0.25, -0.2) is 4.79 Å². The standard InChI is InChI=1S/C25H24F3N3O5.ClH/c1-13(21(29)23(33)34)6-9-16-12-31(24(35)36-16)15-8-7-14-10-20(30-22(32)18(14)11-15)17-4-2-3-5-19(17)25(26,27)28;/h2-5,7-8,10-11,13,16,21H,6,9,12,29H2,1H3,(H,30,32)(H,33,34);1H. The average molecular weight is 540 g/mol. The molecule has 198 valence electrons. The molecule has 12 heteroatoms. The highest BCUT2D eigenvalue weighted by atomic mass is 35.5. The third-order valence-electron chi connectivity index (χ3n) is 6.38. The van der Waals surface area contributed by atoms with E-state index in [1.807, 2.05) is 0 Å². The lowest BCUT2D eigenvalue weighted by Gasteiger charge is -2.17. The van der Waals surface area contributed by atoms with Gasteiger partial charge in [0.05, 0.1) is 12.1 Å². The molecule has 8 nitrogen and oxygen atoms in total. The molecule has 1 aliphatic heterocycles. The van der Waals surface area contributed by atoms with Gasteiger partial charge in [0.1, 0.15) is 12.1 Å². The molecule has 0 bridgehead atoms. The molecular weight excluding hydrogens is 515 g/mol. The third-order valence-corrected chi connectivity index (χ3v) is 6.38. The van der Waals surface area contributed by atoms with Crippen LogP contribution in [0.15, 0.2) is 53.3 Å². The fraction of sp³-hybridized carbons (Fsp3) is 0.320. The van der Waals surface area contributed by atoms with Crippen molar-refractivity contribution in [3.63, 3.8) is 0 Å². The third kappa shape index (κ3) is 5.89.